The molecule has 5 nitrogen and oxygen atoms in total. The van der Waals surface area contributed by atoms with Crippen molar-refractivity contribution in [1.82, 2.24) is 19.3 Å². The number of Topliss-reactive ketones (excluding diaryl/α,β-unsaturated/α-hetero) is 1. The molecule has 7 heteroatoms. The zero-order chi connectivity index (χ0) is 21.5. The third kappa shape index (κ3) is 4.46. The smallest absolute Gasteiger partial charge is 0.191 e. The number of hydrogen-bond donors (Lipinski definition) is 0. The van der Waals surface area contributed by atoms with Crippen molar-refractivity contribution >= 4 is 29.1 Å². The van der Waals surface area contributed by atoms with E-state index in [1.807, 2.05) is 25.1 Å². The monoisotopic (exact) mass is 454 g/mol. The highest BCUT2D eigenvalue weighted by Gasteiger charge is 2.36. The van der Waals surface area contributed by atoms with Crippen LogP contribution in [0, 0.1) is 13.8 Å². The second-order valence-corrected chi connectivity index (χ2v) is 10.1. The number of thioether (sulfide) groups is 1. The molecular weight excluding hydrogens is 428 g/mol. The maximum absolute atomic E-state index is 13.1. The van der Waals surface area contributed by atoms with Crippen molar-refractivity contribution in [2.75, 3.05) is 5.75 Å². The number of carbonyl (C=O) groups excluding carboxylic acids is 1. The number of ketones is 1. The van der Waals surface area contributed by atoms with Crippen LogP contribution < -0.4 is 0 Å². The summed E-state index contributed by atoms with van der Waals surface area (Å²) in [7, 11) is 0. The van der Waals surface area contributed by atoms with E-state index in [9.17, 15) is 4.79 Å². The van der Waals surface area contributed by atoms with E-state index >= 15 is 0 Å². The molecule has 2 fully saturated rings. The van der Waals surface area contributed by atoms with Gasteiger partial charge in [0.2, 0.25) is 0 Å². The molecular formula is C24H27ClN4OS. The van der Waals surface area contributed by atoms with Gasteiger partial charge in [0.1, 0.15) is 5.82 Å². The Labute approximate surface area is 192 Å². The summed E-state index contributed by atoms with van der Waals surface area (Å²) in [6.07, 6.45) is 5.75. The first-order valence-corrected chi connectivity index (χ1v) is 12.4. The molecule has 1 aromatic carbocycles. The predicted molar refractivity (Wildman–Crippen MR) is 124 cm³/mol. The van der Waals surface area contributed by atoms with E-state index in [2.05, 4.69) is 38.4 Å². The van der Waals surface area contributed by atoms with Crippen molar-refractivity contribution in [1.29, 1.82) is 0 Å². The van der Waals surface area contributed by atoms with E-state index in [1.54, 1.807) is 0 Å². The summed E-state index contributed by atoms with van der Waals surface area (Å²) in [4.78, 5) is 13.1. The molecule has 0 amide bonds. The van der Waals surface area contributed by atoms with Crippen LogP contribution in [0.4, 0.5) is 0 Å². The average Bonchev–Trinajstić information content (AvgIpc) is 3.69. The van der Waals surface area contributed by atoms with E-state index in [0.717, 1.165) is 45.9 Å². The van der Waals surface area contributed by atoms with Crippen molar-refractivity contribution < 1.29 is 4.79 Å². The van der Waals surface area contributed by atoms with Gasteiger partial charge >= 0.3 is 0 Å². The molecule has 0 spiro atoms. The molecule has 0 aliphatic heterocycles. The Hall–Kier alpha value is -2.05. The van der Waals surface area contributed by atoms with Crippen molar-refractivity contribution in [3.8, 4) is 0 Å². The van der Waals surface area contributed by atoms with E-state index in [1.165, 1.54) is 43.0 Å². The summed E-state index contributed by atoms with van der Waals surface area (Å²) < 4.78 is 4.55. The fourth-order valence-corrected chi connectivity index (χ4v) is 5.23. The molecule has 162 valence electrons. The molecule has 31 heavy (non-hydrogen) atoms. The Kier molecular flexibility index (Phi) is 5.69. The molecule has 2 aliphatic carbocycles. The van der Waals surface area contributed by atoms with Gasteiger partial charge in [-0.05, 0) is 69.7 Å². The first kappa shape index (κ1) is 20.8. The quantitative estimate of drug-likeness (QED) is 0.304. The predicted octanol–water partition coefficient (Wildman–Crippen LogP) is 5.78. The second-order valence-electron chi connectivity index (χ2n) is 8.74. The molecule has 0 unspecified atom stereocenters. The van der Waals surface area contributed by atoms with Crippen molar-refractivity contribution in [2.24, 2.45) is 0 Å². The molecule has 2 aromatic heterocycles. The number of hydrogen-bond acceptors (Lipinski definition) is 4. The Morgan fingerprint density at radius 2 is 1.87 bits per heavy atom. The lowest BCUT2D eigenvalue weighted by Gasteiger charge is -2.10. The Morgan fingerprint density at radius 3 is 2.55 bits per heavy atom. The number of halogens is 1. The van der Waals surface area contributed by atoms with E-state index in [4.69, 9.17) is 11.6 Å². The second kappa shape index (κ2) is 8.47. The Morgan fingerprint density at radius 1 is 1.13 bits per heavy atom. The van der Waals surface area contributed by atoms with Gasteiger partial charge in [-0.3, -0.25) is 4.79 Å². The Balaban J connectivity index is 1.26. The van der Waals surface area contributed by atoms with Gasteiger partial charge in [-0.2, -0.15) is 0 Å². The van der Waals surface area contributed by atoms with E-state index in [0.29, 0.717) is 17.7 Å². The molecule has 0 bridgehead atoms. The maximum Gasteiger partial charge on any atom is 0.191 e. The van der Waals surface area contributed by atoms with Gasteiger partial charge in [-0.25, -0.2) is 0 Å². The topological polar surface area (TPSA) is 52.7 Å². The Bertz CT molecular complexity index is 1110. The zero-order valence-corrected chi connectivity index (χ0v) is 19.5. The van der Waals surface area contributed by atoms with Crippen LogP contribution in [-0.4, -0.2) is 30.9 Å². The van der Waals surface area contributed by atoms with Crippen LogP contribution in [0.2, 0.25) is 5.02 Å². The number of nitrogens with zero attached hydrogens (tertiary/aromatic N) is 4. The summed E-state index contributed by atoms with van der Waals surface area (Å²) in [5.74, 6) is 2.28. The fraction of sp³-hybridized carbons (Fsp3) is 0.458. The van der Waals surface area contributed by atoms with Gasteiger partial charge in [0, 0.05) is 40.5 Å². The van der Waals surface area contributed by atoms with Crippen LogP contribution in [0.3, 0.4) is 0 Å². The third-order valence-electron chi connectivity index (χ3n) is 6.29. The highest BCUT2D eigenvalue weighted by molar-refractivity contribution is 7.99. The largest absolute Gasteiger partial charge is 0.348 e. The molecule has 0 atom stereocenters. The van der Waals surface area contributed by atoms with Crippen LogP contribution in [0.25, 0.3) is 0 Å². The molecule has 0 N–H and O–H groups in total. The number of aromatic nitrogens is 4. The number of aryl methyl sites for hydroxylation is 2. The van der Waals surface area contributed by atoms with Gasteiger partial charge in [-0.1, -0.05) is 35.5 Å². The molecule has 3 aromatic rings. The van der Waals surface area contributed by atoms with Gasteiger partial charge in [0.25, 0.3) is 0 Å². The molecule has 2 saturated carbocycles. The van der Waals surface area contributed by atoms with E-state index < -0.39 is 0 Å². The molecule has 2 aliphatic rings. The van der Waals surface area contributed by atoms with Crippen LogP contribution >= 0.6 is 23.4 Å². The zero-order valence-electron chi connectivity index (χ0n) is 18.0. The molecule has 2 heterocycles. The number of benzene rings is 1. The number of carbonyl (C=O) groups is 1. The summed E-state index contributed by atoms with van der Waals surface area (Å²) in [6.45, 7) is 4.97. The average molecular weight is 455 g/mol. The molecule has 5 rings (SSSR count). The minimum atomic E-state index is 0.161. The van der Waals surface area contributed by atoms with E-state index in [-0.39, 0.29) is 5.78 Å². The standard InChI is InChI=1S/C24H27ClN4OS/c1-15-13-21(16(2)28(15)12-11-17-3-7-19(25)8-4-17)22(30)14-31-24-27-26-23(18-5-6-18)29(24)20-9-10-20/h3-4,7-8,13,18,20H,5-6,9-12,14H2,1-2H3. The lowest BCUT2D eigenvalue weighted by Crippen LogP contribution is -2.09. The van der Waals surface area contributed by atoms with Gasteiger partial charge < -0.3 is 9.13 Å². The first-order valence-electron chi connectivity index (χ1n) is 11.0. The highest BCUT2D eigenvalue weighted by atomic mass is 35.5. The highest BCUT2D eigenvalue weighted by Crippen LogP contribution is 2.46. The van der Waals surface area contributed by atoms with Crippen molar-refractivity contribution in [2.45, 2.75) is 69.6 Å². The number of rotatable bonds is 9. The maximum atomic E-state index is 13.1. The molecule has 0 saturated heterocycles. The van der Waals surface area contributed by atoms with Crippen molar-refractivity contribution in [3.63, 3.8) is 0 Å². The summed E-state index contributed by atoms with van der Waals surface area (Å²) in [5.41, 5.74) is 4.23. The summed E-state index contributed by atoms with van der Waals surface area (Å²) in [5, 5.41) is 10.5. The lowest BCUT2D eigenvalue weighted by atomic mass is 10.1. The van der Waals surface area contributed by atoms with Gasteiger partial charge in [0.15, 0.2) is 10.9 Å². The van der Waals surface area contributed by atoms with Crippen LogP contribution in [-0.2, 0) is 13.0 Å². The normalized spacial score (nSPS) is 16.1. The van der Waals surface area contributed by atoms with Crippen LogP contribution in [0.5, 0.6) is 0 Å². The lowest BCUT2D eigenvalue weighted by molar-refractivity contribution is 0.102. The third-order valence-corrected chi connectivity index (χ3v) is 7.48. The fourth-order valence-electron chi connectivity index (χ4n) is 4.21. The summed E-state index contributed by atoms with van der Waals surface area (Å²) >= 11 is 7.52. The van der Waals surface area contributed by atoms with Crippen molar-refractivity contribution in [3.05, 3.63) is 63.7 Å². The first-order chi connectivity index (χ1) is 15.0. The minimum Gasteiger partial charge on any atom is -0.348 e. The van der Waals surface area contributed by atoms with Gasteiger partial charge in [-0.15, -0.1) is 10.2 Å². The van der Waals surface area contributed by atoms with Crippen LogP contribution in [0.1, 0.15) is 70.8 Å². The minimum absolute atomic E-state index is 0.161. The molecule has 0 radical (unpaired) electrons. The summed E-state index contributed by atoms with van der Waals surface area (Å²) in [6, 6.07) is 10.5. The SMILES string of the molecule is Cc1cc(C(=O)CSc2nnc(C3CC3)n2C2CC2)c(C)n1CCc1ccc(Cl)cc1. The van der Waals surface area contributed by atoms with Gasteiger partial charge in [0.05, 0.1) is 5.75 Å². The van der Waals surface area contributed by atoms with Crippen LogP contribution in [0.15, 0.2) is 35.5 Å².